The Morgan fingerprint density at radius 2 is 1.81 bits per heavy atom. The van der Waals surface area contributed by atoms with Crippen molar-refractivity contribution >= 4 is 29.5 Å². The highest BCUT2D eigenvalue weighted by Crippen LogP contribution is 2.53. The van der Waals surface area contributed by atoms with Gasteiger partial charge >= 0.3 is 0 Å². The molecule has 0 aromatic carbocycles. The third kappa shape index (κ3) is 4.60. The topological polar surface area (TPSA) is 90.6 Å². The highest BCUT2D eigenvalue weighted by atomic mass is 35.5. The molecule has 168 valence electrons. The summed E-state index contributed by atoms with van der Waals surface area (Å²) < 4.78 is 11.4. The molecule has 2 aliphatic rings. The van der Waals surface area contributed by atoms with Crippen LogP contribution in [-0.4, -0.2) is 42.1 Å². The first kappa shape index (κ1) is 21.6. The Labute approximate surface area is 196 Å². The minimum atomic E-state index is -0.293. The molecule has 0 radical (unpaired) electrons. The predicted molar refractivity (Wildman–Crippen MR) is 125 cm³/mol. The largest absolute Gasteiger partial charge is 0.372 e. The highest BCUT2D eigenvalue weighted by Gasteiger charge is 2.45. The van der Waals surface area contributed by atoms with Crippen LogP contribution in [0.15, 0.2) is 36.8 Å². The fourth-order valence-electron chi connectivity index (χ4n) is 4.18. The molecule has 3 heterocycles. The van der Waals surface area contributed by atoms with Gasteiger partial charge in [0.15, 0.2) is 11.6 Å². The lowest BCUT2D eigenvalue weighted by Gasteiger charge is -2.24. The van der Waals surface area contributed by atoms with Crippen LogP contribution < -0.4 is 4.72 Å². The molecule has 2 fully saturated rings. The lowest BCUT2D eigenvalue weighted by molar-refractivity contribution is 0.0972. The van der Waals surface area contributed by atoms with Crippen molar-refractivity contribution in [3.63, 3.8) is 0 Å². The van der Waals surface area contributed by atoms with E-state index < -0.39 is 0 Å². The van der Waals surface area contributed by atoms with Crippen LogP contribution in [0.25, 0.3) is 11.5 Å². The summed E-state index contributed by atoms with van der Waals surface area (Å²) in [6.45, 7) is 2.07. The summed E-state index contributed by atoms with van der Waals surface area (Å²) in [4.78, 5) is 13.2. The number of nitrogens with one attached hydrogen (secondary N) is 1. The van der Waals surface area contributed by atoms with Crippen LogP contribution in [0.4, 0.5) is 5.95 Å². The Balaban J connectivity index is 1.39. The van der Waals surface area contributed by atoms with E-state index >= 15 is 0 Å². The maximum Gasteiger partial charge on any atom is 0.235 e. The van der Waals surface area contributed by atoms with E-state index in [9.17, 15) is 0 Å². The van der Waals surface area contributed by atoms with Crippen LogP contribution in [0, 0.1) is 11.8 Å². The molecular weight excluding hydrogens is 446 g/mol. The summed E-state index contributed by atoms with van der Waals surface area (Å²) >= 11 is 7.47. The molecule has 10 heteroatoms. The Morgan fingerprint density at radius 3 is 2.41 bits per heavy atom. The van der Waals surface area contributed by atoms with E-state index in [4.69, 9.17) is 16.3 Å². The molecule has 5 rings (SSSR count). The van der Waals surface area contributed by atoms with Gasteiger partial charge in [0.1, 0.15) is 11.8 Å². The summed E-state index contributed by atoms with van der Waals surface area (Å²) in [7, 11) is 1.66. The lowest BCUT2D eigenvalue weighted by atomic mass is 10.1. The Bertz CT molecular complexity index is 1030. The maximum absolute atomic E-state index is 5.93. The van der Waals surface area contributed by atoms with E-state index in [2.05, 4.69) is 41.4 Å². The van der Waals surface area contributed by atoms with Crippen molar-refractivity contribution in [3.05, 3.63) is 47.6 Å². The van der Waals surface area contributed by atoms with Crippen LogP contribution in [0.3, 0.4) is 0 Å². The zero-order chi connectivity index (χ0) is 22.1. The maximum atomic E-state index is 5.93. The van der Waals surface area contributed by atoms with Gasteiger partial charge in [0, 0.05) is 31.7 Å². The van der Waals surface area contributed by atoms with E-state index in [-0.39, 0.29) is 11.4 Å². The second-order valence-electron chi connectivity index (χ2n) is 8.44. The third-order valence-corrected chi connectivity index (χ3v) is 7.12. The number of halogens is 1. The van der Waals surface area contributed by atoms with E-state index in [1.807, 2.05) is 18.2 Å². The second-order valence-corrected chi connectivity index (χ2v) is 10.1. The van der Waals surface area contributed by atoms with Gasteiger partial charge < -0.3 is 4.74 Å². The van der Waals surface area contributed by atoms with Crippen molar-refractivity contribution in [3.8, 4) is 11.5 Å². The number of ether oxygens (including phenoxy) is 1. The van der Waals surface area contributed by atoms with Crippen molar-refractivity contribution in [2.24, 2.45) is 11.8 Å². The highest BCUT2D eigenvalue weighted by molar-refractivity contribution is 8.01. The Morgan fingerprint density at radius 1 is 1.09 bits per heavy atom. The van der Waals surface area contributed by atoms with Gasteiger partial charge in [0.25, 0.3) is 0 Å². The number of methoxy groups -OCH3 is 1. The molecule has 0 amide bonds. The van der Waals surface area contributed by atoms with E-state index in [0.29, 0.717) is 28.7 Å². The Kier molecular flexibility index (Phi) is 6.30. The van der Waals surface area contributed by atoms with Crippen molar-refractivity contribution in [2.45, 2.75) is 50.0 Å². The summed E-state index contributed by atoms with van der Waals surface area (Å²) in [5.74, 6) is 3.58. The molecule has 32 heavy (non-hydrogen) atoms. The van der Waals surface area contributed by atoms with Gasteiger partial charge in [0.2, 0.25) is 5.95 Å². The smallest absolute Gasteiger partial charge is 0.235 e. The van der Waals surface area contributed by atoms with Crippen molar-refractivity contribution in [1.82, 2.24) is 29.7 Å². The zero-order valence-corrected chi connectivity index (χ0v) is 19.6. The van der Waals surface area contributed by atoms with E-state index in [1.54, 1.807) is 25.7 Å². The predicted octanol–water partition coefficient (Wildman–Crippen LogP) is 4.98. The van der Waals surface area contributed by atoms with E-state index in [1.165, 1.54) is 37.6 Å². The normalized spacial score (nSPS) is 18.0. The van der Waals surface area contributed by atoms with Crippen LogP contribution in [0.2, 0.25) is 5.02 Å². The number of hydrogen-bond donors (Lipinski definition) is 1. The number of hydrogen-bond acceptors (Lipinski definition) is 8. The quantitative estimate of drug-likeness (QED) is 0.414. The molecule has 0 saturated heterocycles. The zero-order valence-electron chi connectivity index (χ0n) is 18.1. The number of aromatic nitrogens is 6. The molecule has 2 saturated carbocycles. The molecular formula is C22H26ClN7OS. The van der Waals surface area contributed by atoms with Crippen LogP contribution in [-0.2, 0) is 4.74 Å². The summed E-state index contributed by atoms with van der Waals surface area (Å²) in [5, 5.41) is 9.59. The second kappa shape index (κ2) is 9.33. The molecule has 0 aliphatic heterocycles. The van der Waals surface area contributed by atoms with Crippen molar-refractivity contribution in [2.75, 3.05) is 11.8 Å². The van der Waals surface area contributed by atoms with Gasteiger partial charge in [-0.1, -0.05) is 17.7 Å². The number of anilines is 1. The number of nitrogens with zero attached hydrogens (tertiary/aromatic N) is 6. The minimum absolute atomic E-state index is 0.0184. The first-order chi connectivity index (χ1) is 15.7. The van der Waals surface area contributed by atoms with Crippen LogP contribution in [0.1, 0.15) is 50.6 Å². The number of pyridine rings is 1. The van der Waals surface area contributed by atoms with Gasteiger partial charge in [-0.2, -0.15) is 0 Å². The fraction of sp³-hybridized carbons (Fsp3) is 0.500. The fourth-order valence-corrected chi connectivity index (χ4v) is 5.06. The van der Waals surface area contributed by atoms with Crippen LogP contribution >= 0.6 is 23.5 Å². The monoisotopic (exact) mass is 471 g/mol. The van der Waals surface area contributed by atoms with Gasteiger partial charge in [-0.25, -0.2) is 9.97 Å². The molecule has 3 aromatic heterocycles. The summed E-state index contributed by atoms with van der Waals surface area (Å²) in [6, 6.07) is 6.32. The van der Waals surface area contributed by atoms with Gasteiger partial charge in [-0.05, 0) is 68.5 Å². The molecule has 0 bridgehead atoms. The molecule has 3 aromatic rings. The first-order valence-electron chi connectivity index (χ1n) is 10.9. The SMILES string of the molecule is COC(c1ncc(Cl)cn1)C(C)SNc1nnc(-c2ccccn2)n1C(C1CC1)C1CC1. The molecule has 2 unspecified atom stereocenters. The first-order valence-corrected chi connectivity index (χ1v) is 12.2. The van der Waals surface area contributed by atoms with Gasteiger partial charge in [-0.15, -0.1) is 10.2 Å². The van der Waals surface area contributed by atoms with Gasteiger partial charge in [-0.3, -0.25) is 14.3 Å². The molecule has 0 spiro atoms. The average molecular weight is 472 g/mol. The lowest BCUT2D eigenvalue weighted by Crippen LogP contribution is -2.20. The summed E-state index contributed by atoms with van der Waals surface area (Å²) in [5.41, 5.74) is 0.849. The molecule has 1 N–H and O–H groups in total. The van der Waals surface area contributed by atoms with Gasteiger partial charge in [0.05, 0.1) is 10.3 Å². The standard InChI is InChI=1S/C22H26ClN7OS/c1-13(19(31-2)20-25-11-16(23)12-26-20)32-29-22-28-27-21(17-5-3-4-10-24-17)30(22)18(14-6-7-14)15-8-9-15/h3-5,10-15,18-19H,6-9H2,1-2H3,(H,28,29). The molecule has 2 aliphatic carbocycles. The molecule has 2 atom stereocenters. The summed E-state index contributed by atoms with van der Waals surface area (Å²) in [6.07, 6.45) is 9.76. The third-order valence-electron chi connectivity index (χ3n) is 6.01. The molecule has 8 nitrogen and oxygen atoms in total. The van der Waals surface area contributed by atoms with E-state index in [0.717, 1.165) is 17.5 Å². The average Bonchev–Trinajstić information content (AvgIpc) is 3.74. The van der Waals surface area contributed by atoms with Crippen molar-refractivity contribution in [1.29, 1.82) is 0 Å². The van der Waals surface area contributed by atoms with Crippen LogP contribution in [0.5, 0.6) is 0 Å². The Hall–Kier alpha value is -2.23. The number of rotatable bonds is 10. The minimum Gasteiger partial charge on any atom is -0.372 e. The van der Waals surface area contributed by atoms with Crippen molar-refractivity contribution < 1.29 is 4.74 Å².